The molecule has 1 unspecified atom stereocenters. The van der Waals surface area contributed by atoms with Crippen LogP contribution < -0.4 is 19.4 Å². The molecule has 0 amide bonds. The first-order valence-corrected chi connectivity index (χ1v) is 9.35. The summed E-state index contributed by atoms with van der Waals surface area (Å²) in [5.74, 6) is 2.49. The Morgan fingerprint density at radius 2 is 1.80 bits per heavy atom. The van der Waals surface area contributed by atoms with E-state index >= 15 is 0 Å². The van der Waals surface area contributed by atoms with Crippen LogP contribution in [0, 0.1) is 0 Å². The molecule has 1 N–H and O–H groups in total. The summed E-state index contributed by atoms with van der Waals surface area (Å²) in [6, 6.07) is 15.6. The first-order chi connectivity index (χ1) is 14.7. The maximum atomic E-state index is 5.35. The topological polar surface area (TPSA) is 80.5 Å². The third-order valence-corrected chi connectivity index (χ3v) is 4.97. The summed E-state index contributed by atoms with van der Waals surface area (Å²) in [5.41, 5.74) is 2.57. The minimum Gasteiger partial charge on any atom is -0.497 e. The molecule has 5 rings (SSSR count). The third-order valence-electron chi connectivity index (χ3n) is 4.97. The lowest BCUT2D eigenvalue weighted by Gasteiger charge is -2.23. The largest absolute Gasteiger partial charge is 0.497 e. The number of aromatic nitrogens is 1. The molecule has 3 heterocycles. The molecule has 8 nitrogen and oxygen atoms in total. The van der Waals surface area contributed by atoms with Crippen LogP contribution in [0.5, 0.6) is 11.5 Å². The van der Waals surface area contributed by atoms with Crippen molar-refractivity contribution in [2.24, 2.45) is 15.1 Å². The number of nitrogens with zero attached hydrogens (tertiary/aromatic N) is 5. The summed E-state index contributed by atoms with van der Waals surface area (Å²) in [6.07, 6.45) is 7.12. The number of amidine groups is 1. The summed E-state index contributed by atoms with van der Waals surface area (Å²) >= 11 is 0. The fraction of sp³-hybridized carbons (Fsp3) is 0.0909. The molecule has 1 aromatic heterocycles. The molecule has 0 bridgehead atoms. The van der Waals surface area contributed by atoms with Crippen molar-refractivity contribution < 1.29 is 9.47 Å². The fourth-order valence-corrected chi connectivity index (χ4v) is 3.48. The molecular formula is C22H19N6O2+. The van der Waals surface area contributed by atoms with Crippen LogP contribution in [0.25, 0.3) is 10.9 Å². The van der Waals surface area contributed by atoms with Crippen LogP contribution >= 0.6 is 0 Å². The number of methoxy groups -OCH3 is 2. The Labute approximate surface area is 173 Å². The predicted molar refractivity (Wildman–Crippen MR) is 119 cm³/mol. The van der Waals surface area contributed by atoms with Crippen molar-refractivity contribution in [1.82, 2.24) is 9.58 Å². The molecule has 0 spiro atoms. The van der Waals surface area contributed by atoms with Crippen molar-refractivity contribution in [1.29, 1.82) is 0 Å². The van der Waals surface area contributed by atoms with Gasteiger partial charge in [-0.25, -0.2) is 0 Å². The summed E-state index contributed by atoms with van der Waals surface area (Å²) < 4.78 is 10.8. The van der Waals surface area contributed by atoms with Crippen LogP contribution in [-0.4, -0.2) is 37.2 Å². The van der Waals surface area contributed by atoms with Crippen molar-refractivity contribution in [3.63, 3.8) is 0 Å². The Hall–Kier alpha value is -4.04. The highest BCUT2D eigenvalue weighted by Crippen LogP contribution is 2.33. The van der Waals surface area contributed by atoms with Crippen LogP contribution in [0.1, 0.15) is 0 Å². The summed E-state index contributed by atoms with van der Waals surface area (Å²) in [5, 5.41) is 9.20. The molecule has 2 aromatic carbocycles. The number of hydrogen-bond acceptors (Lipinski definition) is 7. The first kappa shape index (κ1) is 18.0. The van der Waals surface area contributed by atoms with E-state index in [9.17, 15) is 0 Å². The number of ether oxygens (including phenoxy) is 2. The molecule has 0 saturated heterocycles. The van der Waals surface area contributed by atoms with Gasteiger partial charge in [-0.2, -0.15) is 4.99 Å². The number of aliphatic imine (C=N–C) groups is 2. The van der Waals surface area contributed by atoms with E-state index in [1.165, 1.54) is 0 Å². The molecule has 2 aliphatic heterocycles. The number of rotatable bonds is 4. The number of quaternary nitrogens is 1. The van der Waals surface area contributed by atoms with E-state index < -0.39 is 0 Å². The van der Waals surface area contributed by atoms with Gasteiger partial charge in [-0.1, -0.05) is 10.7 Å². The molecule has 0 aliphatic carbocycles. The summed E-state index contributed by atoms with van der Waals surface area (Å²) in [4.78, 5) is 13.4. The van der Waals surface area contributed by atoms with E-state index in [-0.39, 0.29) is 4.59 Å². The second-order valence-corrected chi connectivity index (χ2v) is 6.76. The molecule has 2 aliphatic rings. The zero-order valence-corrected chi connectivity index (χ0v) is 16.5. The summed E-state index contributed by atoms with van der Waals surface area (Å²) in [6.45, 7) is 0. The van der Waals surface area contributed by atoms with E-state index in [4.69, 9.17) is 14.6 Å². The second kappa shape index (κ2) is 7.09. The Kier molecular flexibility index (Phi) is 4.26. The van der Waals surface area contributed by atoms with Crippen molar-refractivity contribution in [3.8, 4) is 11.5 Å². The molecule has 148 valence electrons. The molecule has 3 aromatic rings. The fourth-order valence-electron chi connectivity index (χ4n) is 3.48. The van der Waals surface area contributed by atoms with Gasteiger partial charge in [0, 0.05) is 47.6 Å². The lowest BCUT2D eigenvalue weighted by molar-refractivity contribution is 0.395. The van der Waals surface area contributed by atoms with Gasteiger partial charge in [-0.3, -0.25) is 9.98 Å². The van der Waals surface area contributed by atoms with Crippen molar-refractivity contribution in [3.05, 3.63) is 67.1 Å². The molecule has 0 saturated carbocycles. The highest BCUT2D eigenvalue weighted by molar-refractivity contribution is 6.38. The first-order valence-electron chi connectivity index (χ1n) is 9.35. The Bertz CT molecular complexity index is 1240. The predicted octanol–water partition coefficient (Wildman–Crippen LogP) is 3.91. The Balaban J connectivity index is 1.56. The number of guanidine groups is 1. The van der Waals surface area contributed by atoms with Gasteiger partial charge in [-0.05, 0) is 17.2 Å². The van der Waals surface area contributed by atoms with Crippen LogP contribution in [0.15, 0.2) is 82.2 Å². The number of nitrogens with one attached hydrogen (secondary N) is 1. The van der Waals surface area contributed by atoms with Gasteiger partial charge in [0.2, 0.25) is 0 Å². The maximum absolute atomic E-state index is 5.35. The standard InChI is InChI=1S/C22H19N6O2/c1-29-18-10-16(11-19(13-18)30-2)25-22-26-21-14-23-8-9-28(21,27-22)17-6-5-15-4-3-7-24-20(15)12-17/h3-14H,1-2H3,(H,25,27)/q+1. The minimum absolute atomic E-state index is 0.0828. The number of fused-ring (bicyclic) bond motifs is 2. The summed E-state index contributed by atoms with van der Waals surface area (Å²) in [7, 11) is 3.22. The van der Waals surface area contributed by atoms with Gasteiger partial charge >= 0.3 is 0 Å². The van der Waals surface area contributed by atoms with Crippen LogP contribution in [-0.2, 0) is 0 Å². The van der Waals surface area contributed by atoms with Gasteiger partial charge in [0.15, 0.2) is 11.9 Å². The average molecular weight is 399 g/mol. The molecule has 0 radical (unpaired) electrons. The van der Waals surface area contributed by atoms with Crippen molar-refractivity contribution >= 4 is 40.3 Å². The smallest absolute Gasteiger partial charge is 0.287 e. The van der Waals surface area contributed by atoms with Gasteiger partial charge in [-0.15, -0.1) is 0 Å². The molecule has 8 heteroatoms. The highest BCUT2D eigenvalue weighted by atomic mass is 16.5. The van der Waals surface area contributed by atoms with Crippen LogP contribution in [0.3, 0.4) is 0 Å². The van der Waals surface area contributed by atoms with E-state index in [0.29, 0.717) is 23.3 Å². The Morgan fingerprint density at radius 3 is 2.60 bits per heavy atom. The lowest BCUT2D eigenvalue weighted by Crippen LogP contribution is -2.44. The van der Waals surface area contributed by atoms with Crippen molar-refractivity contribution in [2.75, 3.05) is 19.5 Å². The van der Waals surface area contributed by atoms with Crippen LogP contribution in [0.2, 0.25) is 0 Å². The normalized spacial score (nSPS) is 19.3. The number of pyridine rings is 1. The molecule has 30 heavy (non-hydrogen) atoms. The van der Waals surface area contributed by atoms with Gasteiger partial charge in [0.25, 0.3) is 11.8 Å². The number of anilines is 1. The lowest BCUT2D eigenvalue weighted by atomic mass is 10.2. The highest BCUT2D eigenvalue weighted by Gasteiger charge is 2.43. The van der Waals surface area contributed by atoms with E-state index in [2.05, 4.69) is 20.3 Å². The number of benzene rings is 2. The Morgan fingerprint density at radius 1 is 0.967 bits per heavy atom. The monoisotopic (exact) mass is 399 g/mol. The quantitative estimate of drug-likeness (QED) is 0.675. The molecule has 0 fully saturated rings. The van der Waals surface area contributed by atoms with E-state index in [0.717, 1.165) is 22.3 Å². The third kappa shape index (κ3) is 2.99. The van der Waals surface area contributed by atoms with Crippen LogP contribution in [0.4, 0.5) is 11.4 Å². The van der Waals surface area contributed by atoms with Gasteiger partial charge in [0.05, 0.1) is 25.9 Å². The van der Waals surface area contributed by atoms with Gasteiger partial charge in [0.1, 0.15) is 17.7 Å². The van der Waals surface area contributed by atoms with E-state index in [1.807, 2.05) is 54.7 Å². The zero-order valence-electron chi connectivity index (χ0n) is 16.5. The molecular weight excluding hydrogens is 380 g/mol. The van der Waals surface area contributed by atoms with Crippen molar-refractivity contribution in [2.45, 2.75) is 0 Å². The average Bonchev–Trinajstić information content (AvgIpc) is 3.17. The minimum atomic E-state index is 0.0828. The van der Waals surface area contributed by atoms with Gasteiger partial charge < -0.3 is 14.8 Å². The number of hydrogen-bond donors (Lipinski definition) is 1. The maximum Gasteiger partial charge on any atom is 0.287 e. The van der Waals surface area contributed by atoms with E-state index in [1.54, 1.807) is 32.8 Å². The zero-order chi connectivity index (χ0) is 20.6. The molecule has 1 atom stereocenters. The SMILES string of the molecule is COc1cc(NC2=N[N+]3(c4ccc5cccnc5c4)C=CN=CC3=N2)cc(OC)c1. The second-order valence-electron chi connectivity index (χ2n) is 6.76.